The fraction of sp³-hybridized carbons (Fsp3) is 0.909. The van der Waals surface area contributed by atoms with Gasteiger partial charge in [-0.1, -0.05) is 32.1 Å². The van der Waals surface area contributed by atoms with E-state index in [0.29, 0.717) is 25.5 Å². The number of carbonyl (C=O) groups excluding carboxylic acids is 2. The molecular weight excluding hydrogens is 340 g/mol. The first-order valence-corrected chi connectivity index (χ1v) is 11.2. The Hall–Kier alpha value is -1.10. The highest BCUT2D eigenvalue weighted by Gasteiger charge is 2.38. The number of hydrogen-bond acceptors (Lipinski definition) is 3. The first-order chi connectivity index (χ1) is 13.1. The van der Waals surface area contributed by atoms with Gasteiger partial charge in [-0.25, -0.2) is 0 Å². The van der Waals surface area contributed by atoms with Crippen LogP contribution in [-0.4, -0.2) is 61.5 Å². The van der Waals surface area contributed by atoms with Gasteiger partial charge in [-0.05, 0) is 43.4 Å². The molecule has 3 fully saturated rings. The highest BCUT2D eigenvalue weighted by atomic mass is 16.5. The number of ether oxygens (including phenoxy) is 1. The molecule has 2 heterocycles. The fourth-order valence-electron chi connectivity index (χ4n) is 5.28. The van der Waals surface area contributed by atoms with Gasteiger partial charge in [0.25, 0.3) is 0 Å². The number of methoxy groups -OCH3 is 1. The van der Waals surface area contributed by atoms with Gasteiger partial charge in [0, 0.05) is 46.1 Å². The largest absolute Gasteiger partial charge is 0.383 e. The van der Waals surface area contributed by atoms with Gasteiger partial charge in [0.2, 0.25) is 11.8 Å². The van der Waals surface area contributed by atoms with Crippen LogP contribution in [0.4, 0.5) is 0 Å². The second kappa shape index (κ2) is 9.90. The maximum atomic E-state index is 12.7. The van der Waals surface area contributed by atoms with Gasteiger partial charge in [-0.3, -0.25) is 9.59 Å². The van der Waals surface area contributed by atoms with Crippen molar-refractivity contribution >= 4 is 11.8 Å². The molecular formula is C22H38N2O3. The molecule has 0 aromatic rings. The van der Waals surface area contributed by atoms with Gasteiger partial charge in [-0.15, -0.1) is 0 Å². The minimum Gasteiger partial charge on any atom is -0.383 e. The summed E-state index contributed by atoms with van der Waals surface area (Å²) in [6.07, 6.45) is 13.4. The maximum Gasteiger partial charge on any atom is 0.222 e. The Kier molecular flexibility index (Phi) is 7.57. The molecule has 2 saturated heterocycles. The quantitative estimate of drug-likeness (QED) is 0.709. The van der Waals surface area contributed by atoms with Crippen LogP contribution in [0.1, 0.15) is 77.0 Å². The number of hydrogen-bond donors (Lipinski definition) is 0. The molecule has 2 aliphatic heterocycles. The van der Waals surface area contributed by atoms with E-state index in [1.807, 2.05) is 4.90 Å². The van der Waals surface area contributed by atoms with Crippen LogP contribution in [0.15, 0.2) is 0 Å². The van der Waals surface area contributed by atoms with Crippen molar-refractivity contribution in [1.29, 1.82) is 0 Å². The van der Waals surface area contributed by atoms with Gasteiger partial charge in [-0.2, -0.15) is 0 Å². The van der Waals surface area contributed by atoms with E-state index >= 15 is 0 Å². The number of piperidine rings is 1. The molecule has 0 unspecified atom stereocenters. The van der Waals surface area contributed by atoms with Crippen LogP contribution in [0, 0.1) is 11.3 Å². The molecule has 0 bridgehead atoms. The first kappa shape index (κ1) is 20.6. The average Bonchev–Trinajstić information content (AvgIpc) is 2.86. The molecule has 1 aliphatic carbocycles. The maximum absolute atomic E-state index is 12.7. The van der Waals surface area contributed by atoms with Crippen molar-refractivity contribution < 1.29 is 14.3 Å². The fourth-order valence-corrected chi connectivity index (χ4v) is 5.28. The topological polar surface area (TPSA) is 49.9 Å². The van der Waals surface area contributed by atoms with Crippen molar-refractivity contribution in [2.45, 2.75) is 77.0 Å². The van der Waals surface area contributed by atoms with Crippen LogP contribution in [0.25, 0.3) is 0 Å². The molecule has 2 amide bonds. The van der Waals surface area contributed by atoms with Crippen LogP contribution in [-0.2, 0) is 14.3 Å². The summed E-state index contributed by atoms with van der Waals surface area (Å²) in [7, 11) is 1.69. The standard InChI is InChI=1S/C22H38N2O3/c1-27-18-17-24-16-13-22(10-9-21(24)26)11-14-23(15-12-22)20(25)8-7-19-5-3-2-4-6-19/h19H,2-18H2,1H3. The minimum atomic E-state index is 0.262. The third-order valence-corrected chi connectivity index (χ3v) is 7.37. The van der Waals surface area contributed by atoms with E-state index in [2.05, 4.69) is 4.90 Å². The van der Waals surface area contributed by atoms with Crippen LogP contribution >= 0.6 is 0 Å². The second-order valence-corrected chi connectivity index (χ2v) is 9.05. The molecule has 5 heteroatoms. The van der Waals surface area contributed by atoms with E-state index in [0.717, 1.165) is 64.1 Å². The average molecular weight is 379 g/mol. The molecule has 0 aromatic heterocycles. The lowest BCUT2D eigenvalue weighted by atomic mass is 9.73. The summed E-state index contributed by atoms with van der Waals surface area (Å²) in [6.45, 7) is 3.93. The zero-order valence-corrected chi connectivity index (χ0v) is 17.2. The van der Waals surface area contributed by atoms with E-state index in [4.69, 9.17) is 4.74 Å². The molecule has 5 nitrogen and oxygen atoms in total. The third-order valence-electron chi connectivity index (χ3n) is 7.37. The van der Waals surface area contributed by atoms with Crippen molar-refractivity contribution in [2.75, 3.05) is 39.9 Å². The van der Waals surface area contributed by atoms with Crippen molar-refractivity contribution in [3.05, 3.63) is 0 Å². The molecule has 1 spiro atoms. The number of rotatable bonds is 6. The van der Waals surface area contributed by atoms with Gasteiger partial charge >= 0.3 is 0 Å². The number of nitrogens with zero attached hydrogens (tertiary/aromatic N) is 2. The van der Waals surface area contributed by atoms with Crippen LogP contribution in [0.2, 0.25) is 0 Å². The Bertz CT molecular complexity index is 494. The summed E-state index contributed by atoms with van der Waals surface area (Å²) < 4.78 is 5.14. The predicted octanol–water partition coefficient (Wildman–Crippen LogP) is 3.61. The zero-order valence-electron chi connectivity index (χ0n) is 17.2. The molecule has 3 rings (SSSR count). The minimum absolute atomic E-state index is 0.262. The van der Waals surface area contributed by atoms with Crippen molar-refractivity contribution in [3.63, 3.8) is 0 Å². The highest BCUT2D eigenvalue weighted by molar-refractivity contribution is 5.77. The summed E-state index contributed by atoms with van der Waals surface area (Å²) in [5.41, 5.74) is 0.262. The van der Waals surface area contributed by atoms with Gasteiger partial charge in [0.1, 0.15) is 0 Å². The molecule has 0 radical (unpaired) electrons. The summed E-state index contributed by atoms with van der Waals surface area (Å²) >= 11 is 0. The molecule has 0 aromatic carbocycles. The first-order valence-electron chi connectivity index (χ1n) is 11.2. The Labute approximate surface area is 164 Å². The van der Waals surface area contributed by atoms with Gasteiger partial charge in [0.15, 0.2) is 0 Å². The molecule has 3 aliphatic rings. The lowest BCUT2D eigenvalue weighted by molar-refractivity contribution is -0.134. The second-order valence-electron chi connectivity index (χ2n) is 9.05. The summed E-state index contributed by atoms with van der Waals surface area (Å²) in [6, 6.07) is 0. The monoisotopic (exact) mass is 378 g/mol. The summed E-state index contributed by atoms with van der Waals surface area (Å²) in [4.78, 5) is 29.1. The summed E-state index contributed by atoms with van der Waals surface area (Å²) in [5, 5.41) is 0. The summed E-state index contributed by atoms with van der Waals surface area (Å²) in [5.74, 6) is 1.42. The van der Waals surface area contributed by atoms with Gasteiger partial charge in [0.05, 0.1) is 6.61 Å². The van der Waals surface area contributed by atoms with Gasteiger partial charge < -0.3 is 14.5 Å². The molecule has 27 heavy (non-hydrogen) atoms. The number of likely N-dealkylation sites (tertiary alicyclic amines) is 2. The third kappa shape index (κ3) is 5.69. The number of amides is 2. The van der Waals surface area contributed by atoms with Crippen LogP contribution < -0.4 is 0 Å². The SMILES string of the molecule is COCCN1CCC2(CCC1=O)CCN(C(=O)CCC1CCCCC1)CC2. The highest BCUT2D eigenvalue weighted by Crippen LogP contribution is 2.41. The smallest absolute Gasteiger partial charge is 0.222 e. The van der Waals surface area contributed by atoms with E-state index in [-0.39, 0.29) is 11.3 Å². The molecule has 0 atom stereocenters. The Morgan fingerprint density at radius 1 is 1.07 bits per heavy atom. The van der Waals surface area contributed by atoms with Crippen molar-refractivity contribution in [3.8, 4) is 0 Å². The van der Waals surface area contributed by atoms with Crippen molar-refractivity contribution in [1.82, 2.24) is 9.80 Å². The van der Waals surface area contributed by atoms with Crippen molar-refractivity contribution in [2.24, 2.45) is 11.3 Å². The number of carbonyl (C=O) groups is 2. The van der Waals surface area contributed by atoms with Crippen LogP contribution in [0.5, 0.6) is 0 Å². The van der Waals surface area contributed by atoms with Crippen LogP contribution in [0.3, 0.4) is 0 Å². The Balaban J connectivity index is 1.43. The van der Waals surface area contributed by atoms with E-state index in [9.17, 15) is 9.59 Å². The normalized spacial score (nSPS) is 24.3. The lowest BCUT2D eigenvalue weighted by Crippen LogP contribution is -2.43. The predicted molar refractivity (Wildman–Crippen MR) is 106 cm³/mol. The Morgan fingerprint density at radius 3 is 2.48 bits per heavy atom. The molecule has 1 saturated carbocycles. The van der Waals surface area contributed by atoms with E-state index < -0.39 is 0 Å². The molecule has 154 valence electrons. The molecule has 0 N–H and O–H groups in total. The lowest BCUT2D eigenvalue weighted by Gasteiger charge is -2.41. The zero-order chi connectivity index (χ0) is 19.1. The van der Waals surface area contributed by atoms with E-state index in [1.165, 1.54) is 32.1 Å². The Morgan fingerprint density at radius 2 is 1.78 bits per heavy atom. The van der Waals surface area contributed by atoms with E-state index in [1.54, 1.807) is 7.11 Å².